The highest BCUT2D eigenvalue weighted by Gasteiger charge is 2.22. The number of piperidine rings is 1. The number of nitrogens with zero attached hydrogens (tertiary/aromatic N) is 2. The van der Waals surface area contributed by atoms with Crippen molar-refractivity contribution in [3.05, 3.63) is 28.2 Å². The van der Waals surface area contributed by atoms with Crippen molar-refractivity contribution in [3.8, 4) is 0 Å². The molecular weight excluding hydrogens is 302 g/mol. The number of nitrogens with two attached hydrogens (primary N) is 1. The summed E-state index contributed by atoms with van der Waals surface area (Å²) in [5.74, 6) is 0. The molecule has 4 heteroatoms. The van der Waals surface area contributed by atoms with E-state index in [-0.39, 0.29) is 6.04 Å². The van der Waals surface area contributed by atoms with Crippen LogP contribution < -0.4 is 10.6 Å². The zero-order chi connectivity index (χ0) is 14.0. The number of halogens is 1. The van der Waals surface area contributed by atoms with Gasteiger partial charge in [0.25, 0.3) is 0 Å². The lowest BCUT2D eigenvalue weighted by Gasteiger charge is -2.37. The summed E-state index contributed by atoms with van der Waals surface area (Å²) in [5, 5.41) is 0. The van der Waals surface area contributed by atoms with Crippen molar-refractivity contribution in [2.24, 2.45) is 5.73 Å². The van der Waals surface area contributed by atoms with Crippen LogP contribution in [-0.4, -0.2) is 38.1 Å². The quantitative estimate of drug-likeness (QED) is 0.927. The number of hydrogen-bond acceptors (Lipinski definition) is 3. The van der Waals surface area contributed by atoms with Crippen molar-refractivity contribution in [3.63, 3.8) is 0 Å². The first kappa shape index (κ1) is 14.8. The molecule has 19 heavy (non-hydrogen) atoms. The molecule has 2 N–H and O–H groups in total. The fourth-order valence-electron chi connectivity index (χ4n) is 2.74. The van der Waals surface area contributed by atoms with Gasteiger partial charge in [0.1, 0.15) is 0 Å². The normalized spacial score (nSPS) is 22.3. The van der Waals surface area contributed by atoms with E-state index < -0.39 is 0 Å². The van der Waals surface area contributed by atoms with Crippen LogP contribution in [0.5, 0.6) is 0 Å². The number of rotatable bonds is 3. The molecule has 2 rings (SSSR count). The molecule has 1 aromatic carbocycles. The molecule has 2 atom stereocenters. The minimum atomic E-state index is 0.0801. The van der Waals surface area contributed by atoms with Crippen molar-refractivity contribution in [1.29, 1.82) is 0 Å². The zero-order valence-corrected chi connectivity index (χ0v) is 13.7. The third-order valence-corrected chi connectivity index (χ3v) is 4.66. The number of anilines is 1. The number of benzene rings is 1. The Kier molecular flexibility index (Phi) is 4.87. The van der Waals surface area contributed by atoms with Crippen molar-refractivity contribution in [1.82, 2.24) is 4.90 Å². The molecule has 0 bridgehead atoms. The number of likely N-dealkylation sites (N-methyl/N-ethyl adjacent to an activating group) is 2. The van der Waals surface area contributed by atoms with Gasteiger partial charge in [0.2, 0.25) is 0 Å². The topological polar surface area (TPSA) is 32.5 Å². The van der Waals surface area contributed by atoms with Crippen LogP contribution in [0.1, 0.15) is 31.4 Å². The lowest BCUT2D eigenvalue weighted by atomic mass is 10.0. The van der Waals surface area contributed by atoms with E-state index in [9.17, 15) is 0 Å². The van der Waals surface area contributed by atoms with Gasteiger partial charge in [-0.05, 0) is 67.0 Å². The summed E-state index contributed by atoms with van der Waals surface area (Å²) in [6.07, 6.45) is 2.55. The van der Waals surface area contributed by atoms with Gasteiger partial charge in [-0.3, -0.25) is 0 Å². The molecule has 1 unspecified atom stereocenters. The maximum atomic E-state index is 5.93. The molecule has 106 valence electrons. The van der Waals surface area contributed by atoms with Gasteiger partial charge in [-0.25, -0.2) is 0 Å². The lowest BCUT2D eigenvalue weighted by molar-refractivity contribution is 0.248. The SMILES string of the molecule is C[C@H](N)c1ccc(N(C)C2CCCN(C)C2)c(Br)c1. The predicted octanol–water partition coefficient (Wildman–Crippen LogP) is 3.00. The average molecular weight is 326 g/mol. The molecule has 0 spiro atoms. The van der Waals surface area contributed by atoms with Crippen LogP contribution in [0.3, 0.4) is 0 Å². The number of hydrogen-bond donors (Lipinski definition) is 1. The predicted molar refractivity (Wildman–Crippen MR) is 85.7 cm³/mol. The van der Waals surface area contributed by atoms with E-state index >= 15 is 0 Å². The van der Waals surface area contributed by atoms with Crippen molar-refractivity contribution < 1.29 is 0 Å². The molecule has 1 fully saturated rings. The zero-order valence-electron chi connectivity index (χ0n) is 12.1. The number of likely N-dealkylation sites (tertiary alicyclic amines) is 1. The molecule has 3 nitrogen and oxygen atoms in total. The fraction of sp³-hybridized carbons (Fsp3) is 0.600. The van der Waals surface area contributed by atoms with Gasteiger partial charge >= 0.3 is 0 Å². The molecular formula is C15H24BrN3. The van der Waals surface area contributed by atoms with Gasteiger partial charge in [0.05, 0.1) is 5.69 Å². The highest BCUT2D eigenvalue weighted by atomic mass is 79.9. The Balaban J connectivity index is 2.16. The maximum absolute atomic E-state index is 5.93. The Labute approximate surface area is 124 Å². The van der Waals surface area contributed by atoms with E-state index in [0.29, 0.717) is 6.04 Å². The second-order valence-electron chi connectivity index (χ2n) is 5.67. The first-order valence-electron chi connectivity index (χ1n) is 6.95. The van der Waals surface area contributed by atoms with E-state index in [2.05, 4.69) is 58.0 Å². The summed E-state index contributed by atoms with van der Waals surface area (Å²) in [6.45, 7) is 4.37. The summed E-state index contributed by atoms with van der Waals surface area (Å²) >= 11 is 3.69. The Morgan fingerprint density at radius 1 is 1.47 bits per heavy atom. The Morgan fingerprint density at radius 2 is 2.21 bits per heavy atom. The van der Waals surface area contributed by atoms with Crippen LogP contribution in [0, 0.1) is 0 Å². The van der Waals surface area contributed by atoms with Crippen LogP contribution in [0.2, 0.25) is 0 Å². The molecule has 1 aliphatic heterocycles. The first-order chi connectivity index (χ1) is 8.99. The molecule has 0 saturated carbocycles. The molecule has 0 amide bonds. The van der Waals surface area contributed by atoms with Crippen LogP contribution in [-0.2, 0) is 0 Å². The second kappa shape index (κ2) is 6.25. The molecule has 0 radical (unpaired) electrons. The maximum Gasteiger partial charge on any atom is 0.0511 e. The van der Waals surface area contributed by atoms with Gasteiger partial charge in [-0.2, -0.15) is 0 Å². The van der Waals surface area contributed by atoms with E-state index in [1.165, 1.54) is 30.6 Å². The van der Waals surface area contributed by atoms with E-state index in [4.69, 9.17) is 5.73 Å². The first-order valence-corrected chi connectivity index (χ1v) is 7.74. The summed E-state index contributed by atoms with van der Waals surface area (Å²) < 4.78 is 1.14. The summed E-state index contributed by atoms with van der Waals surface area (Å²) in [4.78, 5) is 4.81. The monoisotopic (exact) mass is 325 g/mol. The van der Waals surface area contributed by atoms with Crippen LogP contribution in [0.25, 0.3) is 0 Å². The van der Waals surface area contributed by atoms with Crippen LogP contribution in [0.4, 0.5) is 5.69 Å². The van der Waals surface area contributed by atoms with E-state index in [0.717, 1.165) is 11.0 Å². The van der Waals surface area contributed by atoms with Crippen LogP contribution >= 0.6 is 15.9 Å². The van der Waals surface area contributed by atoms with Gasteiger partial charge in [-0.15, -0.1) is 0 Å². The molecule has 1 aromatic rings. The van der Waals surface area contributed by atoms with E-state index in [1.54, 1.807) is 0 Å². The van der Waals surface area contributed by atoms with E-state index in [1.807, 2.05) is 6.92 Å². The Morgan fingerprint density at radius 3 is 2.79 bits per heavy atom. The molecule has 1 heterocycles. The molecule has 0 aliphatic carbocycles. The Hall–Kier alpha value is -0.580. The fourth-order valence-corrected chi connectivity index (χ4v) is 3.42. The highest BCUT2D eigenvalue weighted by molar-refractivity contribution is 9.10. The summed E-state index contributed by atoms with van der Waals surface area (Å²) in [5.41, 5.74) is 8.35. The third kappa shape index (κ3) is 3.50. The minimum absolute atomic E-state index is 0.0801. The largest absolute Gasteiger partial charge is 0.369 e. The smallest absolute Gasteiger partial charge is 0.0511 e. The summed E-state index contributed by atoms with van der Waals surface area (Å²) in [7, 11) is 4.39. The Bertz CT molecular complexity index is 433. The lowest BCUT2D eigenvalue weighted by Crippen LogP contribution is -2.45. The average Bonchev–Trinajstić information content (AvgIpc) is 2.37. The molecule has 1 aliphatic rings. The van der Waals surface area contributed by atoms with Gasteiger partial charge in [-0.1, -0.05) is 6.07 Å². The van der Waals surface area contributed by atoms with Crippen molar-refractivity contribution in [2.75, 3.05) is 32.1 Å². The molecule has 1 saturated heterocycles. The minimum Gasteiger partial charge on any atom is -0.369 e. The van der Waals surface area contributed by atoms with Gasteiger partial charge in [0.15, 0.2) is 0 Å². The van der Waals surface area contributed by atoms with Gasteiger partial charge < -0.3 is 15.5 Å². The van der Waals surface area contributed by atoms with Crippen LogP contribution in [0.15, 0.2) is 22.7 Å². The second-order valence-corrected chi connectivity index (χ2v) is 6.52. The van der Waals surface area contributed by atoms with Crippen molar-refractivity contribution >= 4 is 21.6 Å². The van der Waals surface area contributed by atoms with Gasteiger partial charge in [0, 0.05) is 30.1 Å². The standard InChI is InChI=1S/C15H24BrN3/c1-11(17)12-6-7-15(14(16)9-12)19(3)13-5-4-8-18(2)10-13/h6-7,9,11,13H,4-5,8,10,17H2,1-3H3/t11-,13?/m0/s1. The third-order valence-electron chi connectivity index (χ3n) is 4.02. The molecule has 0 aromatic heterocycles. The highest BCUT2D eigenvalue weighted by Crippen LogP contribution is 2.31. The van der Waals surface area contributed by atoms with Crippen molar-refractivity contribution in [2.45, 2.75) is 31.8 Å². The summed E-state index contributed by atoms with van der Waals surface area (Å²) in [6, 6.07) is 7.13.